The smallest absolute Gasteiger partial charge is 0.244 e. The van der Waals surface area contributed by atoms with E-state index >= 15 is 0 Å². The van der Waals surface area contributed by atoms with E-state index in [9.17, 15) is 22.4 Å². The Hall–Kier alpha value is -2.94. The van der Waals surface area contributed by atoms with E-state index in [1.165, 1.54) is 17.0 Å². The van der Waals surface area contributed by atoms with Crippen LogP contribution in [0.3, 0.4) is 0 Å². The van der Waals surface area contributed by atoms with Crippen molar-refractivity contribution in [1.82, 2.24) is 10.2 Å². The van der Waals surface area contributed by atoms with Crippen LogP contribution in [0.1, 0.15) is 44.7 Å². The first-order chi connectivity index (χ1) is 16.0. The molecule has 2 atom stereocenters. The maximum Gasteiger partial charge on any atom is 0.244 e. The van der Waals surface area contributed by atoms with E-state index in [1.807, 2.05) is 13.8 Å². The molecule has 34 heavy (non-hydrogen) atoms. The van der Waals surface area contributed by atoms with Crippen LogP contribution in [0.25, 0.3) is 0 Å². The summed E-state index contributed by atoms with van der Waals surface area (Å²) in [6.45, 7) is 6.96. The maximum atomic E-state index is 13.6. The van der Waals surface area contributed by atoms with Crippen molar-refractivity contribution in [3.05, 3.63) is 65.5 Å². The highest BCUT2D eigenvalue weighted by Gasteiger charge is 2.32. The predicted molar refractivity (Wildman–Crippen MR) is 132 cm³/mol. The highest BCUT2D eigenvalue weighted by Crippen LogP contribution is 2.23. The number of sulfonamides is 1. The van der Waals surface area contributed by atoms with Crippen LogP contribution < -0.4 is 9.62 Å². The number of nitrogens with zero attached hydrogens (tertiary/aromatic N) is 2. The molecule has 0 saturated heterocycles. The number of rotatable bonds is 11. The molecule has 7 nitrogen and oxygen atoms in total. The Labute approximate surface area is 202 Å². The number of halogens is 1. The molecule has 2 rings (SSSR count). The van der Waals surface area contributed by atoms with E-state index in [-0.39, 0.29) is 18.5 Å². The Kier molecular flexibility index (Phi) is 9.61. The lowest BCUT2D eigenvalue weighted by molar-refractivity contribution is -0.140. The van der Waals surface area contributed by atoms with E-state index in [0.717, 1.165) is 17.0 Å². The maximum absolute atomic E-state index is 13.6. The molecule has 2 aromatic rings. The molecule has 0 heterocycles. The average Bonchev–Trinajstić information content (AvgIpc) is 2.78. The van der Waals surface area contributed by atoms with Crippen LogP contribution in [0.2, 0.25) is 0 Å². The van der Waals surface area contributed by atoms with Crippen LogP contribution in [0, 0.1) is 12.7 Å². The Morgan fingerprint density at radius 3 is 2.18 bits per heavy atom. The second kappa shape index (κ2) is 12.0. The third-order valence-electron chi connectivity index (χ3n) is 5.72. The highest BCUT2D eigenvalue weighted by molar-refractivity contribution is 7.92. The Bertz CT molecular complexity index is 1090. The molecular formula is C25H34FN3O4S. The van der Waals surface area contributed by atoms with E-state index in [4.69, 9.17) is 0 Å². The number of nitrogens with one attached hydrogen (secondary N) is 1. The summed E-state index contributed by atoms with van der Waals surface area (Å²) in [5.74, 6) is -1.25. The van der Waals surface area contributed by atoms with Crippen LogP contribution in [0.15, 0.2) is 48.5 Å². The van der Waals surface area contributed by atoms with Gasteiger partial charge in [0.1, 0.15) is 18.4 Å². The molecule has 2 aromatic carbocycles. The van der Waals surface area contributed by atoms with Crippen molar-refractivity contribution in [3.63, 3.8) is 0 Å². The van der Waals surface area contributed by atoms with Gasteiger partial charge in [-0.1, -0.05) is 44.2 Å². The molecule has 0 spiro atoms. The summed E-state index contributed by atoms with van der Waals surface area (Å²) in [4.78, 5) is 28.0. The quantitative estimate of drug-likeness (QED) is 0.520. The van der Waals surface area contributed by atoms with Crippen LogP contribution in [-0.2, 0) is 26.2 Å². The van der Waals surface area contributed by atoms with Gasteiger partial charge in [-0.15, -0.1) is 0 Å². The fraction of sp³-hybridized carbons (Fsp3) is 0.440. The van der Waals surface area contributed by atoms with Gasteiger partial charge in [-0.2, -0.15) is 0 Å². The first-order valence-corrected chi connectivity index (χ1v) is 13.2. The van der Waals surface area contributed by atoms with Crippen molar-refractivity contribution in [2.24, 2.45) is 0 Å². The van der Waals surface area contributed by atoms with E-state index in [2.05, 4.69) is 5.32 Å². The molecule has 9 heteroatoms. The van der Waals surface area contributed by atoms with Crippen molar-refractivity contribution in [2.45, 2.75) is 59.2 Å². The predicted octanol–water partition coefficient (Wildman–Crippen LogP) is 3.62. The lowest BCUT2D eigenvalue weighted by Gasteiger charge is -2.33. The van der Waals surface area contributed by atoms with Gasteiger partial charge in [-0.3, -0.25) is 13.9 Å². The lowest BCUT2D eigenvalue weighted by atomic mass is 10.1. The van der Waals surface area contributed by atoms with Gasteiger partial charge in [-0.05, 0) is 56.0 Å². The molecule has 186 valence electrons. The fourth-order valence-corrected chi connectivity index (χ4v) is 4.49. The summed E-state index contributed by atoms with van der Waals surface area (Å²) < 4.78 is 39.7. The normalized spacial score (nSPS) is 13.1. The number of amides is 2. The van der Waals surface area contributed by atoms with Crippen molar-refractivity contribution in [1.29, 1.82) is 0 Å². The minimum Gasteiger partial charge on any atom is -0.352 e. The fourth-order valence-electron chi connectivity index (χ4n) is 3.59. The van der Waals surface area contributed by atoms with Gasteiger partial charge in [-0.25, -0.2) is 12.8 Å². The number of anilines is 1. The summed E-state index contributed by atoms with van der Waals surface area (Å²) in [6, 6.07) is 11.7. The topological polar surface area (TPSA) is 86.8 Å². The zero-order valence-electron chi connectivity index (χ0n) is 20.4. The first-order valence-electron chi connectivity index (χ1n) is 11.4. The summed E-state index contributed by atoms with van der Waals surface area (Å²) >= 11 is 0. The zero-order chi connectivity index (χ0) is 25.5. The summed E-state index contributed by atoms with van der Waals surface area (Å²) in [7, 11) is -3.79. The minimum absolute atomic E-state index is 0.0386. The highest BCUT2D eigenvalue weighted by atomic mass is 32.2. The minimum atomic E-state index is -3.79. The number of hydrogen-bond acceptors (Lipinski definition) is 4. The molecule has 0 unspecified atom stereocenters. The van der Waals surface area contributed by atoms with Gasteiger partial charge in [0.15, 0.2) is 0 Å². The Balaban J connectivity index is 2.44. The molecule has 0 aliphatic rings. The molecule has 0 aromatic heterocycles. The molecule has 0 aliphatic carbocycles. The van der Waals surface area contributed by atoms with Crippen molar-refractivity contribution >= 4 is 27.5 Å². The Morgan fingerprint density at radius 1 is 1.03 bits per heavy atom. The van der Waals surface area contributed by atoms with Crippen molar-refractivity contribution in [2.75, 3.05) is 17.1 Å². The van der Waals surface area contributed by atoms with Crippen LogP contribution in [-0.4, -0.2) is 50.0 Å². The largest absolute Gasteiger partial charge is 0.352 e. The van der Waals surface area contributed by atoms with E-state index in [1.54, 1.807) is 50.2 Å². The van der Waals surface area contributed by atoms with Crippen molar-refractivity contribution < 1.29 is 22.4 Å². The molecule has 0 aliphatic heterocycles. The standard InChI is InChI=1S/C25H34FN3O4S/c1-6-19(4)27-25(31)22(7-2)28(16-20-12-14-21(26)15-13-20)24(30)17-29(34(5,32)33)23-11-9-8-10-18(23)3/h8-15,19,22H,6-7,16-17H2,1-5H3,(H,27,31)/t19-,22-/m0/s1. The number of carbonyl (C=O) groups excluding carboxylic acids is 2. The van der Waals surface area contributed by atoms with Gasteiger partial charge < -0.3 is 10.2 Å². The average molecular weight is 492 g/mol. The molecule has 0 fully saturated rings. The number of para-hydroxylation sites is 1. The summed E-state index contributed by atoms with van der Waals surface area (Å²) in [6.07, 6.45) is 2.10. The number of aryl methyl sites for hydroxylation is 1. The van der Waals surface area contributed by atoms with Gasteiger partial charge in [0.05, 0.1) is 11.9 Å². The third kappa shape index (κ3) is 7.28. The monoisotopic (exact) mass is 491 g/mol. The van der Waals surface area contributed by atoms with Crippen molar-refractivity contribution in [3.8, 4) is 0 Å². The van der Waals surface area contributed by atoms with E-state index < -0.39 is 34.3 Å². The molecule has 0 radical (unpaired) electrons. The summed E-state index contributed by atoms with van der Waals surface area (Å²) in [5.41, 5.74) is 1.73. The van der Waals surface area contributed by atoms with Crippen LogP contribution in [0.5, 0.6) is 0 Å². The first kappa shape index (κ1) is 27.3. The lowest BCUT2D eigenvalue weighted by Crippen LogP contribution is -2.53. The number of hydrogen-bond donors (Lipinski definition) is 1. The molecule has 1 N–H and O–H groups in total. The molecular weight excluding hydrogens is 457 g/mol. The second-order valence-electron chi connectivity index (χ2n) is 8.45. The SMILES string of the molecule is CC[C@H](C)NC(=O)[C@H](CC)N(Cc1ccc(F)cc1)C(=O)CN(c1ccccc1C)S(C)(=O)=O. The zero-order valence-corrected chi connectivity index (χ0v) is 21.2. The van der Waals surface area contributed by atoms with Crippen LogP contribution in [0.4, 0.5) is 10.1 Å². The summed E-state index contributed by atoms with van der Waals surface area (Å²) in [5, 5.41) is 2.91. The van der Waals surface area contributed by atoms with Crippen LogP contribution >= 0.6 is 0 Å². The van der Waals surface area contributed by atoms with Gasteiger partial charge in [0, 0.05) is 12.6 Å². The number of benzene rings is 2. The molecule has 0 bridgehead atoms. The molecule has 0 saturated carbocycles. The Morgan fingerprint density at radius 2 is 1.65 bits per heavy atom. The van der Waals surface area contributed by atoms with Gasteiger partial charge in [0.25, 0.3) is 0 Å². The second-order valence-corrected chi connectivity index (χ2v) is 10.4. The van der Waals surface area contributed by atoms with Gasteiger partial charge >= 0.3 is 0 Å². The number of carbonyl (C=O) groups is 2. The third-order valence-corrected chi connectivity index (χ3v) is 6.84. The molecule has 2 amide bonds. The van der Waals surface area contributed by atoms with Gasteiger partial charge in [0.2, 0.25) is 21.8 Å². The van der Waals surface area contributed by atoms with E-state index in [0.29, 0.717) is 23.2 Å².